The Hall–Kier alpha value is -3.12. The zero-order chi connectivity index (χ0) is 20.4. The summed E-state index contributed by atoms with van der Waals surface area (Å²) in [4.78, 5) is 25.6. The molecule has 29 heavy (non-hydrogen) atoms. The third kappa shape index (κ3) is 3.63. The van der Waals surface area contributed by atoms with E-state index in [1.807, 2.05) is 36.4 Å². The van der Waals surface area contributed by atoms with Crippen LogP contribution >= 0.6 is 0 Å². The number of carbonyl (C=O) groups excluding carboxylic acids is 1. The predicted octanol–water partition coefficient (Wildman–Crippen LogP) is 3.67. The van der Waals surface area contributed by atoms with E-state index in [2.05, 4.69) is 18.7 Å². The van der Waals surface area contributed by atoms with Crippen LogP contribution in [0.5, 0.6) is 0 Å². The smallest absolute Gasteiger partial charge is 0.410 e. The number of amides is 1. The summed E-state index contributed by atoms with van der Waals surface area (Å²) in [6.07, 6.45) is 0.887. The quantitative estimate of drug-likeness (QED) is 0.758. The van der Waals surface area contributed by atoms with Gasteiger partial charge in [0.1, 0.15) is 12.6 Å². The Bertz CT molecular complexity index is 895. The van der Waals surface area contributed by atoms with Crippen molar-refractivity contribution in [3.05, 3.63) is 72.3 Å². The van der Waals surface area contributed by atoms with E-state index < -0.39 is 18.1 Å². The first-order chi connectivity index (χ1) is 14.1. The van der Waals surface area contributed by atoms with Crippen molar-refractivity contribution in [1.82, 2.24) is 4.90 Å². The maximum Gasteiger partial charge on any atom is 0.410 e. The van der Waals surface area contributed by atoms with Crippen molar-refractivity contribution in [1.29, 1.82) is 0 Å². The topological polar surface area (TPSA) is 76.1 Å². The van der Waals surface area contributed by atoms with E-state index in [4.69, 9.17) is 9.47 Å². The molecule has 1 saturated heterocycles. The van der Waals surface area contributed by atoms with Gasteiger partial charge in [-0.15, -0.1) is 6.58 Å². The van der Waals surface area contributed by atoms with E-state index in [-0.39, 0.29) is 31.6 Å². The highest BCUT2D eigenvalue weighted by molar-refractivity contribution is 5.81. The normalized spacial score (nSPS) is 20.2. The molecule has 0 radical (unpaired) electrons. The van der Waals surface area contributed by atoms with Crippen LogP contribution in [0.3, 0.4) is 0 Å². The lowest BCUT2D eigenvalue weighted by Gasteiger charge is -2.22. The van der Waals surface area contributed by atoms with E-state index >= 15 is 0 Å². The zero-order valence-electron chi connectivity index (χ0n) is 16.0. The molecule has 4 rings (SSSR count). The highest BCUT2D eigenvalue weighted by Crippen LogP contribution is 2.44. The first kappa shape index (κ1) is 19.2. The summed E-state index contributed by atoms with van der Waals surface area (Å²) in [7, 11) is 0. The van der Waals surface area contributed by atoms with Gasteiger partial charge in [-0.1, -0.05) is 54.6 Å². The lowest BCUT2D eigenvalue weighted by atomic mass is 9.98. The SMILES string of the molecule is C=CCO[C@H]1C[C@@H](C(=O)O)N(C(=O)OCC2c3ccccc3-c3ccccc32)C1. The van der Waals surface area contributed by atoms with Gasteiger partial charge in [0.15, 0.2) is 0 Å². The van der Waals surface area contributed by atoms with Gasteiger partial charge < -0.3 is 14.6 Å². The predicted molar refractivity (Wildman–Crippen MR) is 108 cm³/mol. The van der Waals surface area contributed by atoms with Crippen LogP contribution in [0.1, 0.15) is 23.5 Å². The molecule has 2 atom stereocenters. The number of carboxylic acids is 1. The number of aliphatic carboxylic acids is 1. The second-order valence-electron chi connectivity index (χ2n) is 7.29. The Kier molecular flexibility index (Phi) is 5.36. The number of rotatable bonds is 6. The third-order valence-electron chi connectivity index (χ3n) is 5.57. The minimum atomic E-state index is -1.05. The van der Waals surface area contributed by atoms with Crippen molar-refractivity contribution >= 4 is 12.1 Å². The van der Waals surface area contributed by atoms with Gasteiger partial charge in [-0.2, -0.15) is 0 Å². The first-order valence-corrected chi connectivity index (χ1v) is 9.67. The van der Waals surface area contributed by atoms with Gasteiger partial charge in [0.05, 0.1) is 19.3 Å². The Morgan fingerprint density at radius 1 is 1.10 bits per heavy atom. The summed E-state index contributed by atoms with van der Waals surface area (Å²) in [6, 6.07) is 15.2. The minimum absolute atomic E-state index is 0.0648. The number of benzene rings is 2. The van der Waals surface area contributed by atoms with Crippen LogP contribution in [0.2, 0.25) is 0 Å². The van der Waals surface area contributed by atoms with Crippen LogP contribution in [-0.4, -0.2) is 54.0 Å². The minimum Gasteiger partial charge on any atom is -0.480 e. The van der Waals surface area contributed by atoms with Crippen molar-refractivity contribution in [3.8, 4) is 11.1 Å². The summed E-state index contributed by atoms with van der Waals surface area (Å²) in [5.74, 6) is -1.12. The van der Waals surface area contributed by atoms with Crippen molar-refractivity contribution in [2.45, 2.75) is 24.5 Å². The monoisotopic (exact) mass is 393 g/mol. The third-order valence-corrected chi connectivity index (χ3v) is 5.57. The van der Waals surface area contributed by atoms with Crippen molar-refractivity contribution < 1.29 is 24.2 Å². The number of likely N-dealkylation sites (tertiary alicyclic amines) is 1. The number of carboxylic acid groups (broad SMARTS) is 1. The van der Waals surface area contributed by atoms with Gasteiger partial charge in [-0.3, -0.25) is 4.90 Å². The Balaban J connectivity index is 1.48. The Morgan fingerprint density at radius 3 is 2.31 bits per heavy atom. The lowest BCUT2D eigenvalue weighted by Crippen LogP contribution is -2.41. The average molecular weight is 393 g/mol. The van der Waals surface area contributed by atoms with Gasteiger partial charge in [-0.25, -0.2) is 9.59 Å². The van der Waals surface area contributed by atoms with E-state index in [0.29, 0.717) is 6.61 Å². The van der Waals surface area contributed by atoms with E-state index in [1.54, 1.807) is 6.08 Å². The fourth-order valence-electron chi connectivity index (χ4n) is 4.24. The molecule has 0 spiro atoms. The van der Waals surface area contributed by atoms with Crippen LogP contribution in [0.15, 0.2) is 61.2 Å². The molecule has 1 aliphatic carbocycles. The van der Waals surface area contributed by atoms with Crippen molar-refractivity contribution in [3.63, 3.8) is 0 Å². The highest BCUT2D eigenvalue weighted by atomic mass is 16.6. The maximum absolute atomic E-state index is 12.7. The number of ether oxygens (including phenoxy) is 2. The van der Waals surface area contributed by atoms with E-state index in [1.165, 1.54) is 4.90 Å². The van der Waals surface area contributed by atoms with Gasteiger partial charge in [-0.05, 0) is 22.3 Å². The molecule has 6 heteroatoms. The van der Waals surface area contributed by atoms with E-state index in [9.17, 15) is 14.7 Å². The van der Waals surface area contributed by atoms with Gasteiger partial charge in [0.25, 0.3) is 0 Å². The van der Waals surface area contributed by atoms with E-state index in [0.717, 1.165) is 22.3 Å². The molecule has 0 aromatic heterocycles. The number of hydrogen-bond acceptors (Lipinski definition) is 4. The largest absolute Gasteiger partial charge is 0.480 e. The number of carbonyl (C=O) groups is 2. The fraction of sp³-hybridized carbons (Fsp3) is 0.304. The summed E-state index contributed by atoms with van der Waals surface area (Å²) in [5, 5.41) is 9.49. The molecular weight excluding hydrogens is 370 g/mol. The molecule has 0 bridgehead atoms. The van der Waals surface area contributed by atoms with Crippen molar-refractivity contribution in [2.24, 2.45) is 0 Å². The molecule has 0 unspecified atom stereocenters. The van der Waals surface area contributed by atoms with Gasteiger partial charge >= 0.3 is 12.1 Å². The molecular formula is C23H23NO5. The van der Waals surface area contributed by atoms with Crippen molar-refractivity contribution in [2.75, 3.05) is 19.8 Å². The molecule has 2 aromatic rings. The molecule has 1 fully saturated rings. The Labute approximate surface area is 169 Å². The van der Waals surface area contributed by atoms with Crippen LogP contribution < -0.4 is 0 Å². The second kappa shape index (κ2) is 8.09. The van der Waals surface area contributed by atoms with Gasteiger partial charge in [0.2, 0.25) is 0 Å². The Morgan fingerprint density at radius 2 is 1.72 bits per heavy atom. The van der Waals surface area contributed by atoms with Crippen LogP contribution in [0.25, 0.3) is 11.1 Å². The molecule has 150 valence electrons. The second-order valence-corrected chi connectivity index (χ2v) is 7.29. The highest BCUT2D eigenvalue weighted by Gasteiger charge is 2.41. The number of hydrogen-bond donors (Lipinski definition) is 1. The molecule has 1 N–H and O–H groups in total. The van der Waals surface area contributed by atoms with Crippen LogP contribution in [0, 0.1) is 0 Å². The molecule has 1 aliphatic heterocycles. The van der Waals surface area contributed by atoms with Crippen LogP contribution in [-0.2, 0) is 14.3 Å². The zero-order valence-corrected chi connectivity index (χ0v) is 16.0. The summed E-state index contributed by atoms with van der Waals surface area (Å²) >= 11 is 0. The summed E-state index contributed by atoms with van der Waals surface area (Å²) in [6.45, 7) is 4.27. The molecule has 2 aliphatic rings. The first-order valence-electron chi connectivity index (χ1n) is 9.67. The average Bonchev–Trinajstić information content (AvgIpc) is 3.30. The summed E-state index contributed by atoms with van der Waals surface area (Å²) in [5.41, 5.74) is 4.52. The molecule has 1 amide bonds. The summed E-state index contributed by atoms with van der Waals surface area (Å²) < 4.78 is 11.2. The molecule has 6 nitrogen and oxygen atoms in total. The van der Waals surface area contributed by atoms with Gasteiger partial charge in [0, 0.05) is 12.3 Å². The number of nitrogens with zero attached hydrogens (tertiary/aromatic N) is 1. The fourth-order valence-corrected chi connectivity index (χ4v) is 4.24. The molecule has 2 aromatic carbocycles. The standard InChI is InChI=1S/C23H23NO5/c1-2-11-28-15-12-21(22(25)26)24(13-15)23(27)29-14-20-18-9-5-3-7-16(18)17-8-4-6-10-19(17)20/h2-10,15,20-21H,1,11-14H2,(H,25,26)/t15-,21-/m0/s1. The molecule has 1 heterocycles. The lowest BCUT2D eigenvalue weighted by molar-refractivity contribution is -0.141. The molecule has 0 saturated carbocycles. The maximum atomic E-state index is 12.7. The number of fused-ring (bicyclic) bond motifs is 3. The van der Waals surface area contributed by atoms with Crippen LogP contribution in [0.4, 0.5) is 4.79 Å².